The molecule has 0 aliphatic rings. The molecule has 0 saturated heterocycles. The number of hydrogen-bond donors (Lipinski definition) is 1. The number of ether oxygens (including phenoxy) is 1. The number of Topliss-reactive ketones (excluding diaryl/α,β-unsaturated/α-hetero) is 1. The van der Waals surface area contributed by atoms with E-state index < -0.39 is 5.97 Å². The van der Waals surface area contributed by atoms with Crippen LogP contribution in [-0.4, -0.2) is 24.3 Å². The van der Waals surface area contributed by atoms with Crippen LogP contribution >= 0.6 is 23.2 Å². The van der Waals surface area contributed by atoms with Crippen LogP contribution in [0.25, 0.3) is 0 Å². The van der Waals surface area contributed by atoms with Gasteiger partial charge >= 0.3 is 5.97 Å². The summed E-state index contributed by atoms with van der Waals surface area (Å²) in [5.41, 5.74) is 1.65. The van der Waals surface area contributed by atoms with Gasteiger partial charge in [0.1, 0.15) is 0 Å². The van der Waals surface area contributed by atoms with Crippen molar-refractivity contribution in [3.8, 4) is 0 Å². The summed E-state index contributed by atoms with van der Waals surface area (Å²) in [6.07, 6.45) is 1.19. The van der Waals surface area contributed by atoms with E-state index in [1.54, 1.807) is 42.5 Å². The van der Waals surface area contributed by atoms with E-state index in [4.69, 9.17) is 27.9 Å². The molecule has 0 atom stereocenters. The number of esters is 1. The third kappa shape index (κ3) is 6.70. The highest BCUT2D eigenvalue weighted by Gasteiger charge is 2.12. The molecular formula is C20H19Cl2NO4. The summed E-state index contributed by atoms with van der Waals surface area (Å²) in [4.78, 5) is 35.6. The molecule has 142 valence electrons. The highest BCUT2D eigenvalue weighted by atomic mass is 35.5. The zero-order valence-electron chi connectivity index (χ0n) is 14.8. The Morgan fingerprint density at radius 3 is 2.33 bits per heavy atom. The molecule has 2 aromatic rings. The molecule has 0 fully saturated rings. The molecular weight excluding hydrogens is 389 g/mol. The van der Waals surface area contributed by atoms with Crippen LogP contribution in [0.5, 0.6) is 0 Å². The molecule has 2 aromatic carbocycles. The van der Waals surface area contributed by atoms with Gasteiger partial charge in [-0.3, -0.25) is 14.4 Å². The first kappa shape index (κ1) is 20.9. The molecule has 27 heavy (non-hydrogen) atoms. The average molecular weight is 408 g/mol. The Bertz CT molecular complexity index is 834. The molecule has 0 saturated carbocycles. The first-order valence-corrected chi connectivity index (χ1v) is 9.17. The molecule has 1 N–H and O–H groups in total. The summed E-state index contributed by atoms with van der Waals surface area (Å²) >= 11 is 11.7. The van der Waals surface area contributed by atoms with Gasteiger partial charge in [-0.15, -0.1) is 0 Å². The van der Waals surface area contributed by atoms with Crippen LogP contribution in [0.4, 0.5) is 5.69 Å². The number of benzene rings is 2. The Kier molecular flexibility index (Phi) is 7.82. The van der Waals surface area contributed by atoms with E-state index in [1.165, 1.54) is 0 Å². The van der Waals surface area contributed by atoms with E-state index in [9.17, 15) is 14.4 Å². The Morgan fingerprint density at radius 2 is 1.70 bits per heavy atom. The van der Waals surface area contributed by atoms with Crippen molar-refractivity contribution in [2.24, 2.45) is 0 Å². The van der Waals surface area contributed by atoms with Crippen LogP contribution in [-0.2, 0) is 20.7 Å². The Labute approximate surface area is 167 Å². The monoisotopic (exact) mass is 407 g/mol. The third-order valence-corrected chi connectivity index (χ3v) is 4.40. The summed E-state index contributed by atoms with van der Waals surface area (Å²) in [6, 6.07) is 11.3. The van der Waals surface area contributed by atoms with Crippen molar-refractivity contribution in [3.05, 3.63) is 63.6 Å². The Balaban J connectivity index is 1.84. The van der Waals surface area contributed by atoms with E-state index in [-0.39, 0.29) is 24.7 Å². The first-order valence-electron chi connectivity index (χ1n) is 8.41. The van der Waals surface area contributed by atoms with Crippen molar-refractivity contribution in [3.63, 3.8) is 0 Å². The van der Waals surface area contributed by atoms with E-state index in [1.807, 2.05) is 6.92 Å². The van der Waals surface area contributed by atoms with Gasteiger partial charge in [0.05, 0.1) is 16.5 Å². The highest BCUT2D eigenvalue weighted by Crippen LogP contribution is 2.22. The van der Waals surface area contributed by atoms with Crippen molar-refractivity contribution in [1.82, 2.24) is 0 Å². The van der Waals surface area contributed by atoms with Gasteiger partial charge in [0.2, 0.25) is 5.91 Å². The SMILES string of the molecule is CCCC(=O)Nc1ccc(C(=O)COC(=O)Cc2ccc(Cl)c(Cl)c2)cc1. The molecule has 2 rings (SSSR count). The lowest BCUT2D eigenvalue weighted by molar-refractivity contribution is -0.141. The second-order valence-corrected chi connectivity index (χ2v) is 6.70. The molecule has 1 amide bonds. The van der Waals surface area contributed by atoms with Crippen molar-refractivity contribution in [2.45, 2.75) is 26.2 Å². The maximum atomic E-state index is 12.1. The normalized spacial score (nSPS) is 10.3. The second-order valence-electron chi connectivity index (χ2n) is 5.88. The molecule has 0 bridgehead atoms. The molecule has 0 radical (unpaired) electrons. The fourth-order valence-electron chi connectivity index (χ4n) is 2.29. The summed E-state index contributed by atoms with van der Waals surface area (Å²) in [5, 5.41) is 3.49. The van der Waals surface area contributed by atoms with Gasteiger partial charge in [0, 0.05) is 17.7 Å². The Hall–Kier alpha value is -2.37. The number of ketones is 1. The van der Waals surface area contributed by atoms with E-state index >= 15 is 0 Å². The van der Waals surface area contributed by atoms with Gasteiger partial charge in [-0.05, 0) is 48.4 Å². The lowest BCUT2D eigenvalue weighted by Crippen LogP contribution is -2.16. The maximum Gasteiger partial charge on any atom is 0.310 e. The predicted octanol–water partition coefficient (Wildman–Crippen LogP) is 4.70. The summed E-state index contributed by atoms with van der Waals surface area (Å²) in [6.45, 7) is 1.56. The lowest BCUT2D eigenvalue weighted by atomic mass is 10.1. The standard InChI is InChI=1S/C20H19Cl2NO4/c1-2-3-19(25)23-15-7-5-14(6-8-15)18(24)12-27-20(26)11-13-4-9-16(21)17(22)10-13/h4-10H,2-3,11-12H2,1H3,(H,23,25). The van der Waals surface area contributed by atoms with E-state index in [2.05, 4.69) is 5.32 Å². The first-order chi connectivity index (χ1) is 12.9. The van der Waals surface area contributed by atoms with Gasteiger partial charge in [0.25, 0.3) is 0 Å². The number of anilines is 1. The smallest absolute Gasteiger partial charge is 0.310 e. The number of carbonyl (C=O) groups is 3. The summed E-state index contributed by atoms with van der Waals surface area (Å²) in [7, 11) is 0. The molecule has 0 aromatic heterocycles. The van der Waals surface area contributed by atoms with Crippen molar-refractivity contribution >= 4 is 46.5 Å². The minimum Gasteiger partial charge on any atom is -0.457 e. The lowest BCUT2D eigenvalue weighted by Gasteiger charge is -2.07. The molecule has 0 aliphatic carbocycles. The fourth-order valence-corrected chi connectivity index (χ4v) is 2.61. The average Bonchev–Trinajstić information content (AvgIpc) is 2.63. The zero-order valence-corrected chi connectivity index (χ0v) is 16.3. The van der Waals surface area contributed by atoms with Crippen LogP contribution in [0.15, 0.2) is 42.5 Å². The second kappa shape index (κ2) is 10.1. The number of carbonyl (C=O) groups excluding carboxylic acids is 3. The van der Waals surface area contributed by atoms with Gasteiger partial charge in [-0.2, -0.15) is 0 Å². The number of halogens is 2. The van der Waals surface area contributed by atoms with Gasteiger partial charge in [-0.1, -0.05) is 36.2 Å². The molecule has 0 aliphatic heterocycles. The van der Waals surface area contributed by atoms with Gasteiger partial charge in [-0.25, -0.2) is 0 Å². The maximum absolute atomic E-state index is 12.1. The number of rotatable bonds is 8. The molecule has 0 spiro atoms. The fraction of sp³-hybridized carbons (Fsp3) is 0.250. The van der Waals surface area contributed by atoms with Crippen LogP contribution in [0.1, 0.15) is 35.7 Å². The summed E-state index contributed by atoms with van der Waals surface area (Å²) < 4.78 is 5.02. The van der Waals surface area contributed by atoms with Crippen molar-refractivity contribution in [2.75, 3.05) is 11.9 Å². The number of amides is 1. The predicted molar refractivity (Wildman–Crippen MR) is 105 cm³/mol. The quantitative estimate of drug-likeness (QED) is 0.508. The molecule has 5 nitrogen and oxygen atoms in total. The zero-order chi connectivity index (χ0) is 19.8. The third-order valence-electron chi connectivity index (χ3n) is 3.66. The van der Waals surface area contributed by atoms with Gasteiger partial charge < -0.3 is 10.1 Å². The minimum atomic E-state index is -0.537. The highest BCUT2D eigenvalue weighted by molar-refractivity contribution is 6.42. The topological polar surface area (TPSA) is 72.5 Å². The molecule has 0 unspecified atom stereocenters. The van der Waals surface area contributed by atoms with Crippen molar-refractivity contribution in [1.29, 1.82) is 0 Å². The molecule has 7 heteroatoms. The van der Waals surface area contributed by atoms with E-state index in [0.717, 1.165) is 6.42 Å². The summed E-state index contributed by atoms with van der Waals surface area (Å²) in [5.74, 6) is -0.943. The van der Waals surface area contributed by atoms with Crippen LogP contribution in [0, 0.1) is 0 Å². The van der Waals surface area contributed by atoms with Crippen molar-refractivity contribution < 1.29 is 19.1 Å². The van der Waals surface area contributed by atoms with E-state index in [0.29, 0.717) is 33.3 Å². The van der Waals surface area contributed by atoms with Crippen LogP contribution in [0.2, 0.25) is 10.0 Å². The van der Waals surface area contributed by atoms with Crippen LogP contribution < -0.4 is 5.32 Å². The number of nitrogens with one attached hydrogen (secondary N) is 1. The number of hydrogen-bond acceptors (Lipinski definition) is 4. The van der Waals surface area contributed by atoms with Gasteiger partial charge in [0.15, 0.2) is 12.4 Å². The largest absolute Gasteiger partial charge is 0.457 e. The minimum absolute atomic E-state index is 0.00737. The van der Waals surface area contributed by atoms with Crippen LogP contribution in [0.3, 0.4) is 0 Å². The Morgan fingerprint density at radius 1 is 1.00 bits per heavy atom. The molecule has 0 heterocycles.